The van der Waals surface area contributed by atoms with Gasteiger partial charge in [0, 0.05) is 10.7 Å². The molecule has 0 unspecified atom stereocenters. The van der Waals surface area contributed by atoms with Crippen molar-refractivity contribution in [3.63, 3.8) is 0 Å². The van der Waals surface area contributed by atoms with E-state index in [-0.39, 0.29) is 31.5 Å². The van der Waals surface area contributed by atoms with Gasteiger partial charge < -0.3 is 14.8 Å². The number of ether oxygens (including phenoxy) is 2. The Balaban J connectivity index is 0.00000320. The van der Waals surface area contributed by atoms with Crippen LogP contribution in [-0.2, 0) is 19.9 Å². The third-order valence-corrected chi connectivity index (χ3v) is 4.63. The lowest BCUT2D eigenvalue weighted by atomic mass is 9.85. The lowest BCUT2D eigenvalue weighted by molar-refractivity contribution is -0.175. The maximum absolute atomic E-state index is 13.6. The first-order valence-corrected chi connectivity index (χ1v) is 9.09. The molecular weight excluding hydrogens is 362 g/mol. The fourth-order valence-corrected chi connectivity index (χ4v) is 3.33. The minimum atomic E-state index is -2.14. The van der Waals surface area contributed by atoms with E-state index in [9.17, 15) is 4.79 Å². The largest absolute Gasteiger partial charge is 0.460 e. The smallest absolute Gasteiger partial charge is 0.348 e. The molecule has 0 saturated carbocycles. The van der Waals surface area contributed by atoms with Crippen molar-refractivity contribution in [3.05, 3.63) is 71.8 Å². The van der Waals surface area contributed by atoms with Crippen LogP contribution in [0.2, 0.25) is 0 Å². The molecule has 0 aliphatic carbocycles. The topological polar surface area (TPSA) is 47.6 Å². The van der Waals surface area contributed by atoms with Crippen molar-refractivity contribution >= 4 is 18.4 Å². The van der Waals surface area contributed by atoms with E-state index in [1.807, 2.05) is 60.7 Å². The highest BCUT2D eigenvalue weighted by atomic mass is 35.5. The van der Waals surface area contributed by atoms with Crippen LogP contribution in [-0.4, -0.2) is 31.8 Å². The van der Waals surface area contributed by atoms with Crippen LogP contribution in [0.1, 0.15) is 41.4 Å². The van der Waals surface area contributed by atoms with Crippen LogP contribution in [0.15, 0.2) is 60.7 Å². The summed E-state index contributed by atoms with van der Waals surface area (Å²) >= 11 is 0. The Morgan fingerprint density at radius 2 is 1.63 bits per heavy atom. The molecule has 1 aliphatic rings. The third kappa shape index (κ3) is 4.89. The number of hydrogen-bond acceptors (Lipinski definition) is 4. The average molecular weight is 393 g/mol. The highest BCUT2D eigenvalue weighted by Crippen LogP contribution is 2.36. The lowest BCUT2D eigenvalue weighted by Gasteiger charge is -2.35. The average Bonchev–Trinajstić information content (AvgIpc) is 2.72. The number of piperidine rings is 1. The molecule has 1 heterocycles. The summed E-state index contributed by atoms with van der Waals surface area (Å²) in [5.74, 6) is -0.507. The zero-order valence-corrected chi connectivity index (χ0v) is 16.0. The Kier molecular flexibility index (Phi) is 6.67. The number of carbonyl (C=O) groups excluding carboxylic acids is 1. The maximum Gasteiger partial charge on any atom is 0.348 e. The van der Waals surface area contributed by atoms with E-state index in [1.165, 1.54) is 0 Å². The van der Waals surface area contributed by atoms with Gasteiger partial charge in [-0.05, 0) is 43.5 Å². The van der Waals surface area contributed by atoms with E-state index in [1.54, 1.807) is 0 Å². The van der Waals surface area contributed by atoms with Gasteiger partial charge in [0.05, 0.1) is 0 Å². The Morgan fingerprint density at radius 3 is 2.15 bits per heavy atom. The first-order chi connectivity index (χ1) is 13.9. The summed E-state index contributed by atoms with van der Waals surface area (Å²) in [6.45, 7) is -0.650. The Labute approximate surface area is 171 Å². The monoisotopic (exact) mass is 392 g/mol. The zero-order chi connectivity index (χ0) is 20.7. The first kappa shape index (κ1) is 17.2. The van der Waals surface area contributed by atoms with Gasteiger partial charge in [-0.3, -0.25) is 0 Å². The predicted octanol–water partition coefficient (Wildman–Crippen LogP) is 4.07. The SMILES string of the molecule is Cl.[2H]C([2H])([2H])CCOC(C(=O)OC1CCNCC1)(c1ccccc1)c1ccccc1. The number of esters is 1. The summed E-state index contributed by atoms with van der Waals surface area (Å²) in [4.78, 5) is 13.6. The molecule has 1 aliphatic heterocycles. The molecule has 4 nitrogen and oxygen atoms in total. The van der Waals surface area contributed by atoms with Crippen molar-refractivity contribution in [1.82, 2.24) is 5.32 Å². The van der Waals surface area contributed by atoms with Gasteiger partial charge in [-0.25, -0.2) is 4.79 Å². The maximum atomic E-state index is 13.6. The summed E-state index contributed by atoms with van der Waals surface area (Å²) in [5, 5.41) is 3.26. The molecule has 2 aromatic carbocycles. The minimum absolute atomic E-state index is 0. The molecular formula is C22H28ClNO3. The molecule has 146 valence electrons. The first-order valence-electron chi connectivity index (χ1n) is 10.6. The molecule has 1 N–H and O–H groups in total. The van der Waals surface area contributed by atoms with Crippen molar-refractivity contribution in [2.75, 3.05) is 19.7 Å². The van der Waals surface area contributed by atoms with E-state index in [2.05, 4.69) is 5.32 Å². The van der Waals surface area contributed by atoms with Gasteiger partial charge in [0.25, 0.3) is 0 Å². The van der Waals surface area contributed by atoms with Gasteiger partial charge in [0.2, 0.25) is 5.60 Å². The van der Waals surface area contributed by atoms with Crippen molar-refractivity contribution in [1.29, 1.82) is 0 Å². The van der Waals surface area contributed by atoms with Gasteiger partial charge in [0.15, 0.2) is 0 Å². The van der Waals surface area contributed by atoms with Gasteiger partial charge in [-0.15, -0.1) is 12.4 Å². The van der Waals surface area contributed by atoms with Gasteiger partial charge in [-0.1, -0.05) is 67.5 Å². The number of hydrogen-bond donors (Lipinski definition) is 1. The molecule has 3 rings (SSSR count). The third-order valence-electron chi connectivity index (χ3n) is 4.63. The highest BCUT2D eigenvalue weighted by Gasteiger charge is 2.45. The molecule has 0 bridgehead atoms. The van der Waals surface area contributed by atoms with Crippen LogP contribution in [0.4, 0.5) is 0 Å². The number of benzene rings is 2. The summed E-state index contributed by atoms with van der Waals surface area (Å²) in [7, 11) is 0. The van der Waals surface area contributed by atoms with Crippen molar-refractivity contribution < 1.29 is 18.4 Å². The van der Waals surface area contributed by atoms with Crippen LogP contribution >= 0.6 is 12.4 Å². The van der Waals surface area contributed by atoms with E-state index >= 15 is 0 Å². The minimum Gasteiger partial charge on any atom is -0.460 e. The molecule has 27 heavy (non-hydrogen) atoms. The van der Waals surface area contributed by atoms with Gasteiger partial charge in [-0.2, -0.15) is 0 Å². The molecule has 0 atom stereocenters. The van der Waals surface area contributed by atoms with Crippen LogP contribution in [0, 0.1) is 0 Å². The Morgan fingerprint density at radius 1 is 1.07 bits per heavy atom. The Hall–Kier alpha value is -1.88. The lowest BCUT2D eigenvalue weighted by Crippen LogP contribution is -2.45. The molecule has 0 radical (unpaired) electrons. The summed E-state index contributed by atoms with van der Waals surface area (Å²) in [5.41, 5.74) is -0.273. The normalized spacial score (nSPS) is 17.1. The van der Waals surface area contributed by atoms with Crippen molar-refractivity contribution in [2.45, 2.75) is 37.8 Å². The fraction of sp³-hybridized carbons (Fsp3) is 0.409. The van der Waals surface area contributed by atoms with Crippen LogP contribution in [0.5, 0.6) is 0 Å². The fourth-order valence-electron chi connectivity index (χ4n) is 3.33. The van der Waals surface area contributed by atoms with E-state index in [4.69, 9.17) is 13.6 Å². The van der Waals surface area contributed by atoms with Crippen molar-refractivity contribution in [3.8, 4) is 0 Å². The molecule has 1 saturated heterocycles. The molecule has 0 spiro atoms. The standard InChI is InChI=1S/C22H27NO3.ClH/c1-2-17-25-22(18-9-5-3-6-10-18,19-11-7-4-8-12-19)21(24)26-20-13-15-23-16-14-20;/h3-12,20,23H,2,13-17H2,1H3;1H/i1D3;. The van der Waals surface area contributed by atoms with Crippen LogP contribution in [0.3, 0.4) is 0 Å². The van der Waals surface area contributed by atoms with Crippen molar-refractivity contribution in [2.24, 2.45) is 0 Å². The number of nitrogens with one attached hydrogen (secondary N) is 1. The second kappa shape index (κ2) is 10.5. The molecule has 2 aromatic rings. The van der Waals surface area contributed by atoms with Crippen LogP contribution < -0.4 is 5.32 Å². The second-order valence-corrected chi connectivity index (χ2v) is 6.37. The zero-order valence-electron chi connectivity index (χ0n) is 18.2. The summed E-state index contributed by atoms with van der Waals surface area (Å²) in [6.07, 6.45) is 1.12. The van der Waals surface area contributed by atoms with E-state index in [0.29, 0.717) is 11.1 Å². The van der Waals surface area contributed by atoms with Crippen LogP contribution in [0.25, 0.3) is 0 Å². The van der Waals surface area contributed by atoms with E-state index in [0.717, 1.165) is 25.9 Å². The molecule has 1 fully saturated rings. The molecule has 5 heteroatoms. The number of carbonyl (C=O) groups is 1. The number of rotatable bonds is 7. The molecule has 0 amide bonds. The molecule has 0 aromatic heterocycles. The highest BCUT2D eigenvalue weighted by molar-refractivity contribution is 5.86. The summed E-state index contributed by atoms with van der Waals surface area (Å²) < 4.78 is 34.5. The Bertz CT molecular complexity index is 742. The predicted molar refractivity (Wildman–Crippen MR) is 109 cm³/mol. The van der Waals surface area contributed by atoms with Gasteiger partial charge >= 0.3 is 5.97 Å². The second-order valence-electron chi connectivity index (χ2n) is 6.37. The van der Waals surface area contributed by atoms with E-state index < -0.39 is 18.4 Å². The van der Waals surface area contributed by atoms with Gasteiger partial charge in [0.1, 0.15) is 6.10 Å². The summed E-state index contributed by atoms with van der Waals surface area (Å²) in [6, 6.07) is 18.3. The number of halogens is 1. The quantitative estimate of drug-likeness (QED) is 0.721.